The second kappa shape index (κ2) is 10.9. The molecule has 1 amide bonds. The summed E-state index contributed by atoms with van der Waals surface area (Å²) in [7, 11) is 0. The number of fused-ring (bicyclic) bond motifs is 8. The highest BCUT2D eigenvalue weighted by Gasteiger charge is 2.79. The van der Waals surface area contributed by atoms with Crippen molar-refractivity contribution >= 4 is 39.9 Å². The number of rotatable bonds is 6. The van der Waals surface area contributed by atoms with Gasteiger partial charge in [-0.3, -0.25) is 13.9 Å². The first-order valence-electron chi connectivity index (χ1n) is 17.0. The summed E-state index contributed by atoms with van der Waals surface area (Å²) >= 11 is 0. The highest BCUT2D eigenvalue weighted by molar-refractivity contribution is 6.06. The summed E-state index contributed by atoms with van der Waals surface area (Å²) in [5.74, 6) is 0.242. The number of nitrogens with two attached hydrogens (primary N) is 1. The Bertz CT molecular complexity index is 2230. The lowest BCUT2D eigenvalue weighted by molar-refractivity contribution is -0.233. The molecule has 2 saturated carbocycles. The van der Waals surface area contributed by atoms with Gasteiger partial charge in [0.2, 0.25) is 0 Å². The second-order valence-corrected chi connectivity index (χ2v) is 14.1. The van der Waals surface area contributed by atoms with Crippen LogP contribution >= 0.6 is 0 Å². The van der Waals surface area contributed by atoms with Crippen molar-refractivity contribution in [2.45, 2.75) is 85.0 Å². The lowest BCUT2D eigenvalue weighted by Gasteiger charge is -2.36. The summed E-state index contributed by atoms with van der Waals surface area (Å²) < 4.78 is 27.7. The van der Waals surface area contributed by atoms with Gasteiger partial charge in [-0.1, -0.05) is 18.2 Å². The molecule has 270 valence electrons. The van der Waals surface area contributed by atoms with Crippen molar-refractivity contribution in [2.24, 2.45) is 0 Å². The Balaban J connectivity index is 0.000000136. The zero-order chi connectivity index (χ0) is 35.6. The van der Waals surface area contributed by atoms with Gasteiger partial charge in [-0.2, -0.15) is 0 Å². The summed E-state index contributed by atoms with van der Waals surface area (Å²) in [5, 5.41) is 43.9. The molecule has 4 aliphatic heterocycles. The van der Waals surface area contributed by atoms with E-state index in [1.807, 2.05) is 6.07 Å². The number of amides is 1. The zero-order valence-electron chi connectivity index (χ0n) is 27.4. The Hall–Kier alpha value is -4.73. The molecule has 8 heterocycles. The number of benzene rings is 1. The molecule has 52 heavy (non-hydrogen) atoms. The van der Waals surface area contributed by atoms with Crippen LogP contribution in [0.3, 0.4) is 0 Å². The molecule has 2 unspecified atom stereocenters. The zero-order valence-corrected chi connectivity index (χ0v) is 27.4. The minimum atomic E-state index is -1.14. The van der Waals surface area contributed by atoms with Crippen LogP contribution in [0.4, 0.5) is 11.6 Å². The molecular weight excluding hydrogens is 680 g/mol. The largest absolute Gasteiger partial charge is 0.393 e. The fraction of sp³-hybridized carbons (Fsp3) is 0.485. The van der Waals surface area contributed by atoms with Crippen LogP contribution in [0.1, 0.15) is 48.5 Å². The fourth-order valence-electron chi connectivity index (χ4n) is 8.51. The molecule has 7 N–H and O–H groups in total. The first-order chi connectivity index (χ1) is 25.2. The summed E-state index contributed by atoms with van der Waals surface area (Å²) in [6, 6.07) is 8.80. The van der Waals surface area contributed by atoms with Gasteiger partial charge in [-0.05, 0) is 37.8 Å². The molecule has 19 heteroatoms. The molecule has 4 saturated heterocycles. The maximum absolute atomic E-state index is 12.5. The lowest BCUT2D eigenvalue weighted by Crippen LogP contribution is -2.52. The monoisotopic (exact) mass is 714 g/mol. The van der Waals surface area contributed by atoms with E-state index in [9.17, 15) is 25.2 Å². The molecule has 0 radical (unpaired) electrons. The van der Waals surface area contributed by atoms with Crippen LogP contribution < -0.4 is 11.1 Å². The van der Waals surface area contributed by atoms with Crippen LogP contribution in [0.2, 0.25) is 0 Å². The number of carbonyl (C=O) groups is 1. The van der Waals surface area contributed by atoms with E-state index in [-0.39, 0.29) is 30.8 Å². The number of aliphatic hydroxyl groups excluding tert-OH is 4. The molecular formula is C33H34N10O9. The summed E-state index contributed by atoms with van der Waals surface area (Å²) in [4.78, 5) is 37.6. The number of nitrogen functional groups attached to an aromatic ring is 1. The highest BCUT2D eigenvalue weighted by Crippen LogP contribution is 2.65. The highest BCUT2D eigenvalue weighted by atomic mass is 16.7. The number of carbonyl (C=O) groups excluding carboxylic acids is 1. The molecule has 2 aliphatic carbocycles. The van der Waals surface area contributed by atoms with Crippen LogP contribution in [-0.4, -0.2) is 125 Å². The Morgan fingerprint density at radius 1 is 0.750 bits per heavy atom. The SMILES string of the molecule is Nc1ncnc2c1ncn2[C@@H]1O[C@]2(CO)C(O)[C@@H]1OC21CC1.O=C(Nc1ncnc2c1ncn2[C@@H]1O[C@]2(CO)C(O)[C@@H]1OC21CC1)c1ccccc1. The number of nitrogens with zero attached hydrogens (tertiary/aromatic N) is 8. The van der Waals surface area contributed by atoms with Gasteiger partial charge in [-0.25, -0.2) is 29.9 Å². The number of aromatic nitrogens is 8. The summed E-state index contributed by atoms with van der Waals surface area (Å²) in [5.41, 5.74) is 4.72. The standard InChI is InChI=1S/C20H19N5O5.C13H15N5O4/c26-8-20-14(27)13(29-19(20)6-7-19)18(30-20)25-10-23-12-15(21-9-22-16(12)25)24-17(28)11-4-2-1-3-5-11;14-9-6-10(16-4-15-9)18(5-17-6)11-7-8(20)13(3-19,22-11)12(21-7)1-2-12/h1-5,9-10,13-14,18,26-27H,6-8H2,(H,21,22,24,28);4-5,7-8,11,19-20H,1-3H2,(H2,14,15,16)/t13-,14?,18+,20+;7-,8?,11+,13+/m00/s1. The number of nitrogens with one attached hydrogen (secondary N) is 1. The smallest absolute Gasteiger partial charge is 0.256 e. The van der Waals surface area contributed by atoms with E-state index in [0.29, 0.717) is 27.9 Å². The van der Waals surface area contributed by atoms with E-state index < -0.39 is 59.3 Å². The van der Waals surface area contributed by atoms with E-state index >= 15 is 0 Å². The second-order valence-electron chi connectivity index (χ2n) is 14.1. The molecule has 11 rings (SSSR count). The van der Waals surface area contributed by atoms with E-state index in [1.165, 1.54) is 19.0 Å². The van der Waals surface area contributed by atoms with Gasteiger partial charge in [0.05, 0.1) is 25.9 Å². The first kappa shape index (κ1) is 32.0. The Labute approximate surface area is 293 Å². The van der Waals surface area contributed by atoms with Gasteiger partial charge < -0.3 is 50.4 Å². The van der Waals surface area contributed by atoms with Crippen LogP contribution in [0.5, 0.6) is 0 Å². The van der Waals surface area contributed by atoms with Gasteiger partial charge in [0, 0.05) is 5.56 Å². The average molecular weight is 715 g/mol. The molecule has 5 aromatic rings. The molecule has 6 fully saturated rings. The molecule has 8 atom stereocenters. The predicted molar refractivity (Wildman–Crippen MR) is 175 cm³/mol. The van der Waals surface area contributed by atoms with Crippen LogP contribution in [-0.2, 0) is 18.9 Å². The number of hydrogen-bond acceptors (Lipinski definition) is 16. The van der Waals surface area contributed by atoms with Crippen molar-refractivity contribution in [3.63, 3.8) is 0 Å². The fourth-order valence-corrected chi connectivity index (χ4v) is 8.51. The van der Waals surface area contributed by atoms with Gasteiger partial charge >= 0.3 is 0 Å². The third-order valence-corrected chi connectivity index (χ3v) is 11.5. The maximum Gasteiger partial charge on any atom is 0.256 e. The normalized spacial score (nSPS) is 33.9. The Morgan fingerprint density at radius 2 is 1.27 bits per heavy atom. The van der Waals surface area contributed by atoms with Gasteiger partial charge in [0.15, 0.2) is 52.1 Å². The molecule has 4 aromatic heterocycles. The van der Waals surface area contributed by atoms with Crippen molar-refractivity contribution in [1.29, 1.82) is 0 Å². The van der Waals surface area contributed by atoms with E-state index in [4.69, 9.17) is 24.7 Å². The summed E-state index contributed by atoms with van der Waals surface area (Å²) in [6.45, 7) is -0.619. The van der Waals surface area contributed by atoms with Crippen molar-refractivity contribution in [3.05, 3.63) is 61.2 Å². The third-order valence-electron chi connectivity index (χ3n) is 11.5. The first-order valence-corrected chi connectivity index (χ1v) is 17.0. The van der Waals surface area contributed by atoms with Gasteiger partial charge in [0.25, 0.3) is 5.91 Å². The van der Waals surface area contributed by atoms with E-state index in [0.717, 1.165) is 25.7 Å². The Kier molecular flexibility index (Phi) is 6.70. The van der Waals surface area contributed by atoms with Gasteiger partial charge in [-0.15, -0.1) is 0 Å². The van der Waals surface area contributed by atoms with Gasteiger partial charge in [0.1, 0.15) is 53.8 Å². The van der Waals surface area contributed by atoms with E-state index in [2.05, 4.69) is 35.2 Å². The molecule has 6 aliphatic rings. The van der Waals surface area contributed by atoms with Crippen LogP contribution in [0.15, 0.2) is 55.6 Å². The number of ether oxygens (including phenoxy) is 4. The quantitative estimate of drug-likeness (QED) is 0.131. The lowest BCUT2D eigenvalue weighted by atomic mass is 9.91. The maximum atomic E-state index is 12.5. The molecule has 1 aromatic carbocycles. The van der Waals surface area contributed by atoms with Crippen molar-refractivity contribution < 1.29 is 44.2 Å². The molecule has 2 spiro atoms. The number of anilines is 2. The number of imidazole rings is 2. The van der Waals surface area contributed by atoms with E-state index in [1.54, 1.807) is 39.7 Å². The van der Waals surface area contributed by atoms with Crippen molar-refractivity contribution in [3.8, 4) is 0 Å². The molecule has 19 nitrogen and oxygen atoms in total. The molecule has 4 bridgehead atoms. The minimum Gasteiger partial charge on any atom is -0.393 e. The topological polar surface area (TPSA) is 260 Å². The van der Waals surface area contributed by atoms with Crippen molar-refractivity contribution in [2.75, 3.05) is 24.3 Å². The number of aliphatic hydroxyl groups is 4. The number of hydrogen-bond donors (Lipinski definition) is 6. The predicted octanol–water partition coefficient (Wildman–Crippen LogP) is -0.408. The third kappa shape index (κ3) is 4.09. The van der Waals surface area contributed by atoms with Crippen molar-refractivity contribution in [1.82, 2.24) is 39.0 Å². The average Bonchev–Trinajstić information content (AvgIpc) is 3.84. The summed E-state index contributed by atoms with van der Waals surface area (Å²) in [6.07, 6.45) is 4.45. The van der Waals surface area contributed by atoms with Crippen LogP contribution in [0.25, 0.3) is 22.3 Å². The Morgan fingerprint density at radius 3 is 1.81 bits per heavy atom. The van der Waals surface area contributed by atoms with Crippen LogP contribution in [0, 0.1) is 0 Å². The minimum absolute atomic E-state index is 0.271.